The molecule has 0 amide bonds. The van der Waals surface area contributed by atoms with Crippen LogP contribution < -0.4 is 51.4 Å². The molecule has 0 spiro atoms. The van der Waals surface area contributed by atoms with Crippen LogP contribution in [-0.2, 0) is 15.0 Å². The van der Waals surface area contributed by atoms with E-state index in [1.807, 2.05) is 26.8 Å². The normalized spacial score (nSPS) is 11.0. The molecular formula is C14H19KO4. The second kappa shape index (κ2) is 6.99. The van der Waals surface area contributed by atoms with Gasteiger partial charge in [-0.15, -0.1) is 0 Å². The Kier molecular flexibility index (Phi) is 6.92. The van der Waals surface area contributed by atoms with Crippen LogP contribution in [0.1, 0.15) is 44.8 Å². The predicted octanol–water partition coefficient (Wildman–Crippen LogP) is -0.338. The van der Waals surface area contributed by atoms with E-state index in [4.69, 9.17) is 10.2 Å². The molecule has 1 aromatic carbocycles. The molecule has 0 radical (unpaired) electrons. The van der Waals surface area contributed by atoms with Crippen LogP contribution >= 0.6 is 0 Å². The van der Waals surface area contributed by atoms with Crippen molar-refractivity contribution in [2.24, 2.45) is 0 Å². The first-order chi connectivity index (χ1) is 8.14. The van der Waals surface area contributed by atoms with Gasteiger partial charge in [0.25, 0.3) is 0 Å². The molecule has 0 heterocycles. The van der Waals surface area contributed by atoms with Crippen molar-refractivity contribution in [2.45, 2.75) is 39.0 Å². The minimum atomic E-state index is -1.50. The largest absolute Gasteiger partial charge is 1.00 e. The fourth-order valence-electron chi connectivity index (χ4n) is 1.84. The van der Waals surface area contributed by atoms with Crippen molar-refractivity contribution in [3.05, 3.63) is 34.9 Å². The molecule has 5 heteroatoms. The molecule has 1 rings (SSSR count). The summed E-state index contributed by atoms with van der Waals surface area (Å²) in [5.41, 5.74) is 2.03. The van der Waals surface area contributed by atoms with Crippen LogP contribution in [0.25, 0.3) is 0 Å². The molecule has 19 heavy (non-hydrogen) atoms. The summed E-state index contributed by atoms with van der Waals surface area (Å²) < 4.78 is 0. The van der Waals surface area contributed by atoms with Crippen LogP contribution in [-0.4, -0.2) is 22.2 Å². The summed E-state index contributed by atoms with van der Waals surface area (Å²) in [5.74, 6) is -4.18. The zero-order valence-corrected chi connectivity index (χ0v) is 15.1. The zero-order valence-electron chi connectivity index (χ0n) is 13.0. The quantitative estimate of drug-likeness (QED) is 0.590. The number of carboxylic acid groups (broad SMARTS) is 2. The molecular weight excluding hydrogens is 271 g/mol. The van der Waals surface area contributed by atoms with Crippen molar-refractivity contribution in [1.29, 1.82) is 0 Å². The van der Waals surface area contributed by atoms with Crippen LogP contribution in [0.4, 0.5) is 0 Å². The molecule has 0 atom stereocenters. The van der Waals surface area contributed by atoms with Gasteiger partial charge in [0.2, 0.25) is 0 Å². The van der Waals surface area contributed by atoms with Crippen LogP contribution in [0.5, 0.6) is 0 Å². The van der Waals surface area contributed by atoms with Gasteiger partial charge in [0.05, 0.1) is 0 Å². The van der Waals surface area contributed by atoms with Gasteiger partial charge in [-0.2, -0.15) is 0 Å². The van der Waals surface area contributed by atoms with Crippen LogP contribution in [0.2, 0.25) is 0 Å². The van der Waals surface area contributed by atoms with Gasteiger partial charge in [-0.3, -0.25) is 9.59 Å². The Hall–Kier alpha value is -0.204. The Morgan fingerprint density at radius 3 is 1.95 bits per heavy atom. The van der Waals surface area contributed by atoms with Gasteiger partial charge < -0.3 is 11.6 Å². The number of hydrogen-bond donors (Lipinski definition) is 2. The summed E-state index contributed by atoms with van der Waals surface area (Å²) in [5, 5.41) is 17.9. The monoisotopic (exact) mass is 290 g/mol. The van der Waals surface area contributed by atoms with Crippen molar-refractivity contribution in [1.82, 2.24) is 0 Å². The van der Waals surface area contributed by atoms with Gasteiger partial charge in [-0.25, -0.2) is 0 Å². The van der Waals surface area contributed by atoms with E-state index in [0.717, 1.165) is 5.56 Å². The summed E-state index contributed by atoms with van der Waals surface area (Å²) in [4.78, 5) is 22.0. The van der Waals surface area contributed by atoms with Crippen molar-refractivity contribution in [2.75, 3.05) is 0 Å². The summed E-state index contributed by atoms with van der Waals surface area (Å²) in [6.07, 6.45) is 0. The fourth-order valence-corrected chi connectivity index (χ4v) is 1.84. The van der Waals surface area contributed by atoms with Gasteiger partial charge in [0.15, 0.2) is 5.92 Å². The molecule has 100 valence electrons. The molecule has 0 saturated carbocycles. The summed E-state index contributed by atoms with van der Waals surface area (Å²) >= 11 is 0. The number of benzene rings is 1. The Balaban J connectivity index is 0. The molecule has 4 nitrogen and oxygen atoms in total. The maximum atomic E-state index is 11.0. The Bertz CT molecular complexity index is 480. The number of rotatable bonds is 3. The van der Waals surface area contributed by atoms with Gasteiger partial charge >= 0.3 is 63.3 Å². The molecule has 0 aliphatic heterocycles. The maximum Gasteiger partial charge on any atom is 1.00 e. The summed E-state index contributed by atoms with van der Waals surface area (Å²) in [7, 11) is 0. The Morgan fingerprint density at radius 2 is 1.63 bits per heavy atom. The van der Waals surface area contributed by atoms with E-state index in [9.17, 15) is 9.59 Å². The van der Waals surface area contributed by atoms with Crippen molar-refractivity contribution in [3.63, 3.8) is 0 Å². The topological polar surface area (TPSA) is 74.6 Å². The van der Waals surface area contributed by atoms with Crippen LogP contribution in [0.15, 0.2) is 18.2 Å². The van der Waals surface area contributed by atoms with E-state index >= 15 is 0 Å². The molecule has 0 aliphatic rings. The van der Waals surface area contributed by atoms with Gasteiger partial charge in [0, 0.05) is 0 Å². The second-order valence-electron chi connectivity index (χ2n) is 5.43. The fraction of sp³-hybridized carbons (Fsp3) is 0.429. The second-order valence-corrected chi connectivity index (χ2v) is 5.43. The third-order valence-corrected chi connectivity index (χ3v) is 2.94. The molecule has 2 N–H and O–H groups in total. The first-order valence-corrected chi connectivity index (χ1v) is 5.71. The van der Waals surface area contributed by atoms with E-state index in [2.05, 4.69) is 0 Å². The first-order valence-electron chi connectivity index (χ1n) is 5.71. The van der Waals surface area contributed by atoms with E-state index in [1.165, 1.54) is 0 Å². The average Bonchev–Trinajstić information content (AvgIpc) is 2.18. The zero-order chi connectivity index (χ0) is 14.1. The predicted molar refractivity (Wildman–Crippen MR) is 69.0 cm³/mol. The summed E-state index contributed by atoms with van der Waals surface area (Å²) in [6, 6.07) is 5.25. The minimum Gasteiger partial charge on any atom is -1.00 e. The van der Waals surface area contributed by atoms with E-state index in [-0.39, 0.29) is 58.2 Å². The molecule has 0 unspecified atom stereocenters. The van der Waals surface area contributed by atoms with Crippen molar-refractivity contribution >= 4 is 11.9 Å². The molecule has 0 aliphatic carbocycles. The third kappa shape index (κ3) is 4.68. The molecule has 0 aromatic heterocycles. The molecule has 0 bridgehead atoms. The Morgan fingerprint density at radius 1 is 1.16 bits per heavy atom. The standard InChI is InChI=1S/C14H18O4.K.H/c1-8-7-9(14(2,3)4)5-6-10(8)11(12(15)16)13(17)18;;/h5-7,11H,1-4H3,(H,15,16)(H,17,18);;/q;+1;-1. The number of aryl methyl sites for hydroxylation is 1. The number of carbonyl (C=O) groups is 2. The molecule has 0 saturated heterocycles. The van der Waals surface area contributed by atoms with Gasteiger partial charge in [0.1, 0.15) is 0 Å². The van der Waals surface area contributed by atoms with Gasteiger partial charge in [-0.1, -0.05) is 39.0 Å². The van der Waals surface area contributed by atoms with E-state index in [1.54, 1.807) is 19.1 Å². The smallest absolute Gasteiger partial charge is 1.00 e. The van der Waals surface area contributed by atoms with Crippen molar-refractivity contribution < 1.29 is 72.6 Å². The molecule has 0 fully saturated rings. The number of carboxylic acids is 2. The number of aliphatic carboxylic acids is 2. The van der Waals surface area contributed by atoms with Crippen molar-refractivity contribution in [3.8, 4) is 0 Å². The maximum absolute atomic E-state index is 11.0. The van der Waals surface area contributed by atoms with E-state index in [0.29, 0.717) is 11.1 Å². The van der Waals surface area contributed by atoms with E-state index < -0.39 is 17.9 Å². The number of hydrogen-bond acceptors (Lipinski definition) is 2. The first kappa shape index (κ1) is 18.8. The minimum absolute atomic E-state index is 0. The van der Waals surface area contributed by atoms with Gasteiger partial charge in [-0.05, 0) is 29.0 Å². The van der Waals surface area contributed by atoms with Crippen LogP contribution in [0.3, 0.4) is 0 Å². The van der Waals surface area contributed by atoms with Crippen LogP contribution in [0, 0.1) is 6.92 Å². The summed E-state index contributed by atoms with van der Waals surface area (Å²) in [6.45, 7) is 7.89. The third-order valence-electron chi connectivity index (χ3n) is 2.94. The Labute approximate surface area is 157 Å². The molecule has 1 aromatic rings. The average molecular weight is 290 g/mol. The SMILES string of the molecule is Cc1cc(C(C)(C)C)ccc1C(C(=O)O)C(=O)O.[H-].[K+].